The average Bonchev–Trinajstić information content (AvgIpc) is 1.10. The van der Waals surface area contributed by atoms with E-state index in [1.165, 1.54) is 82.9 Å². The molecule has 26 nitrogen and oxygen atoms in total. The number of benzene rings is 2. The van der Waals surface area contributed by atoms with Crippen LogP contribution in [-0.4, -0.2) is 148 Å². The third kappa shape index (κ3) is 38.7. The van der Waals surface area contributed by atoms with Crippen LogP contribution < -0.4 is 47.9 Å². The number of halogens is 7. The summed E-state index contributed by atoms with van der Waals surface area (Å²) in [4.78, 5) is 109. The average molecular weight is 1940 g/mol. The van der Waals surface area contributed by atoms with Crippen molar-refractivity contribution in [3.05, 3.63) is 233 Å². The zero-order chi connectivity index (χ0) is 99.0. The lowest BCUT2D eigenvalue weighted by molar-refractivity contribution is -0.118. The number of pyridine rings is 5. The van der Waals surface area contributed by atoms with Crippen LogP contribution in [0.2, 0.25) is 10.0 Å². The van der Waals surface area contributed by atoms with Gasteiger partial charge in [-0.15, -0.1) is 0 Å². The number of nitrogens with zero attached hydrogens (tertiary/aromatic N) is 14. The summed E-state index contributed by atoms with van der Waals surface area (Å²) in [6.45, 7) is 24.0. The zero-order valence-electron chi connectivity index (χ0n) is 79.6. The van der Waals surface area contributed by atoms with Crippen LogP contribution in [0.3, 0.4) is 0 Å². The molecule has 3 aliphatic heterocycles. The summed E-state index contributed by atoms with van der Waals surface area (Å²) in [6.07, 6.45) is 40.3. The van der Waals surface area contributed by atoms with Crippen LogP contribution in [0.25, 0.3) is 30.4 Å². The van der Waals surface area contributed by atoms with Gasteiger partial charge in [0.2, 0.25) is 47.2 Å². The molecule has 5 atom stereocenters. The number of anilines is 3. The molecule has 4 fully saturated rings. The second kappa shape index (κ2) is 54.6. The van der Waals surface area contributed by atoms with E-state index in [2.05, 4.69) is 59.7 Å². The van der Waals surface area contributed by atoms with Gasteiger partial charge in [-0.3, -0.25) is 0 Å². The van der Waals surface area contributed by atoms with Crippen LogP contribution in [0.4, 0.5) is 39.8 Å². The molecule has 11 heterocycles. The number of piperidine rings is 3. The largest absolute Gasteiger partial charge is 0.494 e. The number of carbonyl (C=O) groups excluding carboxylic acids is 5. The molecule has 8 aromatic heterocycles. The van der Waals surface area contributed by atoms with Gasteiger partial charge in [-0.1, -0.05) is 94.3 Å². The Morgan fingerprint density at radius 1 is 0.391 bits per heavy atom. The van der Waals surface area contributed by atoms with Crippen molar-refractivity contribution in [2.75, 3.05) is 67.2 Å². The molecule has 0 bridgehead atoms. The summed E-state index contributed by atoms with van der Waals surface area (Å²) in [5.74, 6) is 5.07. The van der Waals surface area contributed by atoms with E-state index in [0.29, 0.717) is 167 Å². The van der Waals surface area contributed by atoms with Crippen molar-refractivity contribution in [1.82, 2.24) is 54.8 Å². The first-order chi connectivity index (χ1) is 66.2. The zero-order valence-corrected chi connectivity index (χ0v) is 81.1. The van der Waals surface area contributed by atoms with E-state index in [4.69, 9.17) is 56.4 Å². The molecule has 3 saturated heterocycles. The van der Waals surface area contributed by atoms with Gasteiger partial charge in [-0.25, -0.2) is 76.8 Å². The summed E-state index contributed by atoms with van der Waals surface area (Å²) in [5, 5.41) is 0.842. The Morgan fingerprint density at radius 2 is 0.710 bits per heavy atom. The van der Waals surface area contributed by atoms with Gasteiger partial charge in [-0.2, -0.15) is 0 Å². The van der Waals surface area contributed by atoms with Crippen molar-refractivity contribution >= 4 is 100 Å². The molecule has 0 amide bonds. The first kappa shape index (κ1) is 107. The first-order valence-corrected chi connectivity index (χ1v) is 47.0. The molecule has 14 rings (SSSR count). The van der Waals surface area contributed by atoms with Gasteiger partial charge < -0.3 is 71.8 Å². The predicted octanol–water partition coefficient (Wildman–Crippen LogP) is 25.1. The molecule has 2 aromatic carbocycles. The van der Waals surface area contributed by atoms with Crippen LogP contribution in [0, 0.1) is 35.5 Å². The molecule has 33 heteroatoms. The molecule has 4 aliphatic rings. The van der Waals surface area contributed by atoms with E-state index in [0.717, 1.165) is 35.7 Å². The third-order valence-corrected chi connectivity index (χ3v) is 22.2. The minimum absolute atomic E-state index is 0.0428. The minimum Gasteiger partial charge on any atom is -0.494 e. The molecular formula is C105H119Cl2F5N14O12. The highest BCUT2D eigenvalue weighted by Crippen LogP contribution is 2.38. The predicted molar refractivity (Wildman–Crippen MR) is 526 cm³/mol. The molecular weight excluding hydrogens is 1820 g/mol. The van der Waals surface area contributed by atoms with Crippen molar-refractivity contribution in [2.45, 2.75) is 178 Å². The summed E-state index contributed by atoms with van der Waals surface area (Å²) >= 11 is 12.4. The standard InChI is InChI=1S/C22H23ClFNO3.C21H24F2N4O2.C21H25FN4O2.C21H26N4O2.C20H21ClFNO3/c1-14(9-15(2)26)20(24)10-17-5-8-22(25-12-17)28-21-7-6-18(11-19(21)23)27-13-16-3-4-16;1-15(11-16(2)28)3-4-17-5-6-19(24-12-17)29-18-13-25-20(26-14-18)27-9-7-21(22,23)8-10-27;1-15(11-16(2)27)3-4-17-5-6-20(23-12-17)28-19-13-24-21(25-14-19)26-9-7-18(22)8-10-26;1-16(12-17(2)26)6-7-18-8-9-20(22-13-18)27-19-14-23-21(24-15-19)25-10-4-3-5-11-25;1-4-25-16-6-7-19(17(21)11-16)26-20-8-5-15(12-23-20)10-18(22)13(2)9-14(3)24/h5-8,10-12,14,16H,3-4,9,13H2,1-2H3;3-6,12-15H,7-11H2,1-2H3;3-6,12-15,18H,7-11H2,1-2H3;6-9,13-16H,3-5,10-12H2,1-2H3;5-8,10-13H,4,9H2,1-3H3/b20-10-;2*4-3+;7-6+;18-10-/t;2*15-;16-;/m.000./s1. The number of hydrogen-bond acceptors (Lipinski definition) is 26. The maximum Gasteiger partial charge on any atom is 0.251 e. The Morgan fingerprint density at radius 3 is 1.02 bits per heavy atom. The normalized spacial score (nSPS) is 15.5. The lowest BCUT2D eigenvalue weighted by atomic mass is 10.0. The van der Waals surface area contributed by atoms with Crippen molar-refractivity contribution in [3.8, 4) is 69.6 Å². The van der Waals surface area contributed by atoms with Crippen LogP contribution in [-0.2, 0) is 24.0 Å². The summed E-state index contributed by atoms with van der Waals surface area (Å²) in [7, 11) is 0. The number of Topliss-reactive ketones (excluding diaryl/α,β-unsaturated/α-hetero) is 5. The lowest BCUT2D eigenvalue weighted by Gasteiger charge is -2.31. The third-order valence-electron chi connectivity index (χ3n) is 21.6. The Balaban J connectivity index is 0.000000178. The molecule has 0 spiro atoms. The number of hydrogen-bond donors (Lipinski definition) is 0. The highest BCUT2D eigenvalue weighted by molar-refractivity contribution is 6.32. The van der Waals surface area contributed by atoms with E-state index in [9.17, 15) is 45.9 Å². The van der Waals surface area contributed by atoms with Gasteiger partial charge in [-0.05, 0) is 205 Å². The van der Waals surface area contributed by atoms with Gasteiger partial charge in [0.1, 0.15) is 69.7 Å². The number of ketones is 5. The van der Waals surface area contributed by atoms with Gasteiger partial charge in [0.05, 0.1) is 60.4 Å². The maximum absolute atomic E-state index is 14.1. The van der Waals surface area contributed by atoms with Gasteiger partial charge >= 0.3 is 0 Å². The van der Waals surface area contributed by atoms with E-state index < -0.39 is 23.9 Å². The number of aromatic nitrogens is 11. The fourth-order valence-corrected chi connectivity index (χ4v) is 14.5. The molecule has 1 saturated carbocycles. The second-order valence-corrected chi connectivity index (χ2v) is 35.5. The summed E-state index contributed by atoms with van der Waals surface area (Å²) in [5.41, 5.74) is 3.99. The lowest BCUT2D eigenvalue weighted by Crippen LogP contribution is -2.40. The molecule has 0 N–H and O–H groups in total. The smallest absolute Gasteiger partial charge is 0.251 e. The SMILES string of the molecule is CC(=O)CC(C)/C(F)=C/c1ccc(Oc2ccc(OCC3CC3)cc2Cl)nc1.CC(=O)C[C@@H](C)/C=C/c1ccc(Oc2cnc(N3CCC(F)(F)CC3)nc2)nc1.CC(=O)C[C@@H](C)/C=C/c1ccc(Oc2cnc(N3CCC(F)CC3)nc2)nc1.CC(=O)C[C@@H](C)/C=C/c1ccc(Oc2cnc(N3CCCCC3)nc2)nc1.CCOc1ccc(Oc2ccc(/C=C(\F)C(C)CC(C)=O)cn2)c(Cl)c1. The van der Waals surface area contributed by atoms with Crippen LogP contribution in [0.1, 0.15) is 194 Å². The number of alkyl halides is 3. The fraction of sp³-hybridized carbons (Fsp3) is 0.390. The Bertz CT molecular complexity index is 5690. The number of rotatable bonds is 38. The quantitative estimate of drug-likeness (QED) is 0.0325. The van der Waals surface area contributed by atoms with Gasteiger partial charge in [0.25, 0.3) is 5.92 Å². The van der Waals surface area contributed by atoms with Crippen molar-refractivity contribution in [1.29, 1.82) is 0 Å². The Labute approximate surface area is 813 Å². The molecule has 0 radical (unpaired) electrons. The van der Waals surface area contributed by atoms with E-state index in [1.54, 1.807) is 150 Å². The maximum atomic E-state index is 14.1. The van der Waals surface area contributed by atoms with Crippen LogP contribution in [0.15, 0.2) is 195 Å². The van der Waals surface area contributed by atoms with Crippen molar-refractivity contribution < 1.29 is 79.1 Å². The monoisotopic (exact) mass is 1930 g/mol. The highest BCUT2D eigenvalue weighted by Gasteiger charge is 2.35. The summed E-state index contributed by atoms with van der Waals surface area (Å²) < 4.78 is 107. The Kier molecular flexibility index (Phi) is 42.2. The molecule has 1 aliphatic carbocycles. The van der Waals surface area contributed by atoms with Gasteiger partial charge in [0, 0.05) is 169 Å². The van der Waals surface area contributed by atoms with Crippen molar-refractivity contribution in [3.63, 3.8) is 0 Å². The molecule has 10 aromatic rings. The van der Waals surface area contributed by atoms with Gasteiger partial charge in [0.15, 0.2) is 17.2 Å². The van der Waals surface area contributed by atoms with E-state index in [1.807, 2.05) is 99.4 Å². The van der Waals surface area contributed by atoms with Crippen LogP contribution >= 0.6 is 23.2 Å². The molecule has 2 unspecified atom stereocenters. The van der Waals surface area contributed by atoms with Crippen LogP contribution in [0.5, 0.6) is 69.6 Å². The number of ether oxygens (including phenoxy) is 7. The second-order valence-electron chi connectivity index (χ2n) is 34.6. The Hall–Kier alpha value is -13.3. The van der Waals surface area contributed by atoms with E-state index in [-0.39, 0.29) is 97.1 Å². The highest BCUT2D eigenvalue weighted by atomic mass is 35.5. The number of allylic oxidation sites excluding steroid dienone is 5. The first-order valence-electron chi connectivity index (χ1n) is 46.2. The van der Waals surface area contributed by atoms with Crippen molar-refractivity contribution in [2.24, 2.45) is 35.5 Å². The fourth-order valence-electron chi connectivity index (χ4n) is 14.1. The number of carbonyl (C=O) groups is 5. The molecule has 138 heavy (non-hydrogen) atoms. The summed E-state index contributed by atoms with van der Waals surface area (Å²) in [6, 6.07) is 28.1. The topological polar surface area (TPSA) is 301 Å². The molecule has 730 valence electrons. The minimum atomic E-state index is -2.60. The van der Waals surface area contributed by atoms with E-state index >= 15 is 0 Å².